The van der Waals surface area contributed by atoms with Crippen molar-refractivity contribution in [3.63, 3.8) is 0 Å². The maximum Gasteiger partial charge on any atom is 0.141 e. The van der Waals surface area contributed by atoms with E-state index in [9.17, 15) is 0 Å². The van der Waals surface area contributed by atoms with Crippen LogP contribution in [0.4, 0.5) is 5.69 Å². The van der Waals surface area contributed by atoms with E-state index >= 15 is 0 Å². The molecule has 1 aliphatic carbocycles. The quantitative estimate of drug-likeness (QED) is 0.387. The minimum absolute atomic E-state index is 0.0404. The molecule has 0 atom stereocenters. The number of fused-ring (bicyclic) bond motifs is 1. The molecule has 0 bridgehead atoms. The molecule has 1 aliphatic heterocycles. The summed E-state index contributed by atoms with van der Waals surface area (Å²) >= 11 is 19.2. The first kappa shape index (κ1) is 20.5. The highest BCUT2D eigenvalue weighted by atomic mass is 35.5. The molecular weight excluding hydrogens is 423 g/mol. The average Bonchev–Trinajstić information content (AvgIpc) is 2.88. The molecule has 0 unspecified atom stereocenters. The van der Waals surface area contributed by atoms with Gasteiger partial charge in [-0.15, -0.1) is 0 Å². The summed E-state index contributed by atoms with van der Waals surface area (Å²) in [5.41, 5.74) is 2.37. The third-order valence-electron chi connectivity index (χ3n) is 4.42. The molecule has 0 spiro atoms. The molecule has 9 heteroatoms. The van der Waals surface area contributed by atoms with Gasteiger partial charge >= 0.3 is 0 Å². The number of nitrogens with one attached hydrogen (secondary N) is 2. The fourth-order valence-corrected chi connectivity index (χ4v) is 3.91. The Hall–Kier alpha value is -2.28. The van der Waals surface area contributed by atoms with Crippen molar-refractivity contribution >= 4 is 52.7 Å². The number of pyridine rings is 1. The van der Waals surface area contributed by atoms with Crippen LogP contribution in [0, 0.1) is 10.8 Å². The smallest absolute Gasteiger partial charge is 0.141 e. The van der Waals surface area contributed by atoms with Gasteiger partial charge in [0.25, 0.3) is 0 Å². The molecule has 0 amide bonds. The predicted molar refractivity (Wildman–Crippen MR) is 112 cm³/mol. The second kappa shape index (κ2) is 8.39. The van der Waals surface area contributed by atoms with Crippen LogP contribution >= 0.6 is 34.8 Å². The number of allylic oxidation sites excluding steroid dienone is 4. The summed E-state index contributed by atoms with van der Waals surface area (Å²) in [6.07, 6.45) is 6.96. The van der Waals surface area contributed by atoms with Crippen LogP contribution in [0.25, 0.3) is 0 Å². The molecule has 0 fully saturated rings. The molecule has 3 rings (SSSR count). The van der Waals surface area contributed by atoms with Crippen molar-refractivity contribution in [2.75, 3.05) is 19.1 Å². The molecule has 0 aromatic carbocycles. The summed E-state index contributed by atoms with van der Waals surface area (Å²) < 4.78 is 10.7. The van der Waals surface area contributed by atoms with Gasteiger partial charge in [-0.25, -0.2) is 4.98 Å². The van der Waals surface area contributed by atoms with E-state index in [0.29, 0.717) is 46.2 Å². The van der Waals surface area contributed by atoms with Crippen molar-refractivity contribution < 1.29 is 9.47 Å². The minimum Gasteiger partial charge on any atom is -0.501 e. The zero-order valence-corrected chi connectivity index (χ0v) is 17.4. The van der Waals surface area contributed by atoms with Crippen LogP contribution in [0.1, 0.15) is 12.0 Å². The molecule has 28 heavy (non-hydrogen) atoms. The summed E-state index contributed by atoms with van der Waals surface area (Å²) in [7, 11) is 3.04. The lowest BCUT2D eigenvalue weighted by Gasteiger charge is -2.23. The molecule has 1 aromatic rings. The van der Waals surface area contributed by atoms with Crippen LogP contribution < -0.4 is 4.90 Å². The summed E-state index contributed by atoms with van der Waals surface area (Å²) in [4.78, 5) is 5.51. The van der Waals surface area contributed by atoms with Crippen LogP contribution in [0.3, 0.4) is 0 Å². The summed E-state index contributed by atoms with van der Waals surface area (Å²) in [6, 6.07) is 1.62. The zero-order chi connectivity index (χ0) is 20.4. The Morgan fingerprint density at radius 2 is 1.96 bits per heavy atom. The SMILES string of the molecule is COC1=CC(OC)=C(Cl)C(C2=CCc3cnc(Cl)cc3N(C=N)C2=N)=C(Cl)C1. The topological polar surface area (TPSA) is 82.3 Å². The van der Waals surface area contributed by atoms with E-state index in [1.165, 1.54) is 12.0 Å². The van der Waals surface area contributed by atoms with Crippen molar-refractivity contribution in [3.8, 4) is 0 Å². The molecule has 2 N–H and O–H groups in total. The van der Waals surface area contributed by atoms with Crippen molar-refractivity contribution in [1.82, 2.24) is 4.98 Å². The van der Waals surface area contributed by atoms with Gasteiger partial charge in [-0.05, 0) is 18.1 Å². The van der Waals surface area contributed by atoms with E-state index in [0.717, 1.165) is 11.9 Å². The summed E-state index contributed by atoms with van der Waals surface area (Å²) in [5.74, 6) is 1.00. The van der Waals surface area contributed by atoms with Gasteiger partial charge in [0.2, 0.25) is 0 Å². The second-order valence-corrected chi connectivity index (χ2v) is 7.18. The largest absolute Gasteiger partial charge is 0.501 e. The van der Waals surface area contributed by atoms with E-state index in [4.69, 9.17) is 55.1 Å². The van der Waals surface area contributed by atoms with E-state index < -0.39 is 0 Å². The number of anilines is 1. The monoisotopic (exact) mass is 438 g/mol. The molecule has 146 valence electrons. The number of nitrogens with zero attached hydrogens (tertiary/aromatic N) is 2. The molecule has 0 saturated heterocycles. The number of ether oxygens (including phenoxy) is 2. The maximum atomic E-state index is 8.73. The van der Waals surface area contributed by atoms with E-state index in [1.807, 2.05) is 6.08 Å². The number of amidine groups is 1. The van der Waals surface area contributed by atoms with Crippen molar-refractivity contribution in [2.45, 2.75) is 12.8 Å². The first-order valence-electron chi connectivity index (χ1n) is 8.22. The number of methoxy groups -OCH3 is 2. The highest BCUT2D eigenvalue weighted by molar-refractivity contribution is 6.38. The highest BCUT2D eigenvalue weighted by Crippen LogP contribution is 2.40. The third-order valence-corrected chi connectivity index (χ3v) is 5.32. The predicted octanol–water partition coefficient (Wildman–Crippen LogP) is 5.13. The van der Waals surface area contributed by atoms with Crippen LogP contribution in [0.5, 0.6) is 0 Å². The number of aromatic nitrogens is 1. The molecule has 2 heterocycles. The molecule has 2 aliphatic rings. The molecule has 1 aromatic heterocycles. The zero-order valence-electron chi connectivity index (χ0n) is 15.1. The van der Waals surface area contributed by atoms with Crippen molar-refractivity contribution in [2.24, 2.45) is 0 Å². The van der Waals surface area contributed by atoms with E-state index in [2.05, 4.69) is 4.98 Å². The summed E-state index contributed by atoms with van der Waals surface area (Å²) in [6.45, 7) is 0. The molecule has 0 radical (unpaired) electrons. The Morgan fingerprint density at radius 1 is 1.21 bits per heavy atom. The average molecular weight is 440 g/mol. The highest BCUT2D eigenvalue weighted by Gasteiger charge is 2.29. The van der Waals surface area contributed by atoms with Gasteiger partial charge in [0, 0.05) is 34.9 Å². The van der Waals surface area contributed by atoms with E-state index in [-0.39, 0.29) is 16.0 Å². The number of halogens is 3. The molecular formula is C19H17Cl3N4O2. The van der Waals surface area contributed by atoms with Gasteiger partial charge < -0.3 is 9.47 Å². The lowest BCUT2D eigenvalue weighted by Crippen LogP contribution is -2.30. The number of hydrogen-bond acceptors (Lipinski definition) is 5. The van der Waals surface area contributed by atoms with Gasteiger partial charge in [0.15, 0.2) is 0 Å². The Balaban J connectivity index is 2.17. The number of rotatable bonds is 4. The Morgan fingerprint density at radius 3 is 2.61 bits per heavy atom. The fourth-order valence-electron chi connectivity index (χ4n) is 3.03. The fraction of sp³-hybridized carbons (Fsp3) is 0.211. The van der Waals surface area contributed by atoms with Crippen LogP contribution in [-0.2, 0) is 15.9 Å². The Kier molecular flexibility index (Phi) is 6.13. The minimum atomic E-state index is 0.0404. The lowest BCUT2D eigenvalue weighted by molar-refractivity contribution is 0.271. The number of hydrogen-bond donors (Lipinski definition) is 2. The summed E-state index contributed by atoms with van der Waals surface area (Å²) in [5, 5.41) is 17.5. The first-order valence-corrected chi connectivity index (χ1v) is 9.35. The van der Waals surface area contributed by atoms with Crippen LogP contribution in [0.15, 0.2) is 57.1 Å². The Bertz CT molecular complexity index is 979. The Labute approximate surface area is 177 Å². The van der Waals surface area contributed by atoms with Gasteiger partial charge in [-0.3, -0.25) is 15.7 Å². The van der Waals surface area contributed by atoms with Gasteiger partial charge in [-0.2, -0.15) is 0 Å². The van der Waals surface area contributed by atoms with Gasteiger partial charge in [-0.1, -0.05) is 40.9 Å². The lowest BCUT2D eigenvalue weighted by atomic mass is 10.0. The van der Waals surface area contributed by atoms with E-state index in [1.54, 1.807) is 25.4 Å². The van der Waals surface area contributed by atoms with Crippen molar-refractivity contribution in [1.29, 1.82) is 10.8 Å². The van der Waals surface area contributed by atoms with Crippen LogP contribution in [0.2, 0.25) is 5.15 Å². The molecule has 0 saturated carbocycles. The normalized spacial score (nSPS) is 17.5. The van der Waals surface area contributed by atoms with Crippen molar-refractivity contribution in [3.05, 3.63) is 67.9 Å². The van der Waals surface area contributed by atoms with Crippen LogP contribution in [-0.4, -0.2) is 31.4 Å². The third kappa shape index (κ3) is 3.68. The molecule has 6 nitrogen and oxygen atoms in total. The first-order chi connectivity index (χ1) is 13.4. The maximum absolute atomic E-state index is 8.73. The van der Waals surface area contributed by atoms with Gasteiger partial charge in [0.1, 0.15) is 22.5 Å². The second-order valence-electron chi connectivity index (χ2n) is 5.96. The standard InChI is InChI=1S/C19H17Cl3N4O2/c1-27-11-5-13(20)17(18(22)15(6-11)28-2)12-4-3-10-8-25-16(21)7-14(10)26(9-23)19(12)24/h4,6-9,23-24H,3,5H2,1-2H3. The van der Waals surface area contributed by atoms with Gasteiger partial charge in [0.05, 0.1) is 31.3 Å².